The maximum absolute atomic E-state index is 12.4. The number of hydrogen-bond donors (Lipinski definition) is 1. The van der Waals surface area contributed by atoms with Gasteiger partial charge in [-0.05, 0) is 36.2 Å². The van der Waals surface area contributed by atoms with Crippen molar-refractivity contribution in [3.8, 4) is 0 Å². The molecule has 6 nitrogen and oxygen atoms in total. The molecular weight excluding hydrogens is 308 g/mol. The maximum atomic E-state index is 12.4. The molecule has 1 saturated heterocycles. The molecule has 124 valence electrons. The quantitative estimate of drug-likeness (QED) is 0.874. The van der Waals surface area contributed by atoms with Gasteiger partial charge in [-0.2, -0.15) is 0 Å². The second-order valence-corrected chi connectivity index (χ2v) is 5.56. The standard InChI is InChI=1S/C18H18N2O4/c1-23-18(22)14-5-6-16(19-10-14)20-17(21)13-4-2-3-12(9-13)15-7-8-24-11-15/h2-6,9-10,15H,7-8,11H2,1H3,(H,19,20,21). The van der Waals surface area contributed by atoms with Gasteiger partial charge in [0.2, 0.25) is 0 Å². The molecule has 1 amide bonds. The first kappa shape index (κ1) is 16.1. The number of nitrogens with one attached hydrogen (secondary N) is 1. The maximum Gasteiger partial charge on any atom is 0.339 e. The van der Waals surface area contributed by atoms with Crippen molar-refractivity contribution >= 4 is 17.7 Å². The molecule has 1 fully saturated rings. The Morgan fingerprint density at radius 1 is 1.25 bits per heavy atom. The van der Waals surface area contributed by atoms with Gasteiger partial charge in [-0.25, -0.2) is 9.78 Å². The van der Waals surface area contributed by atoms with Crippen LogP contribution in [0.5, 0.6) is 0 Å². The van der Waals surface area contributed by atoms with Gasteiger partial charge in [0, 0.05) is 24.3 Å². The Balaban J connectivity index is 1.70. The molecule has 0 saturated carbocycles. The Labute approximate surface area is 139 Å². The molecule has 2 heterocycles. The van der Waals surface area contributed by atoms with E-state index in [0.717, 1.165) is 18.6 Å². The van der Waals surface area contributed by atoms with E-state index in [1.807, 2.05) is 18.2 Å². The van der Waals surface area contributed by atoms with E-state index in [2.05, 4.69) is 15.0 Å². The van der Waals surface area contributed by atoms with Crippen molar-refractivity contribution in [3.05, 3.63) is 59.3 Å². The summed E-state index contributed by atoms with van der Waals surface area (Å²) >= 11 is 0. The number of carbonyl (C=O) groups is 2. The molecule has 0 radical (unpaired) electrons. The van der Waals surface area contributed by atoms with Gasteiger partial charge >= 0.3 is 5.97 Å². The van der Waals surface area contributed by atoms with Crippen LogP contribution in [-0.2, 0) is 9.47 Å². The second-order valence-electron chi connectivity index (χ2n) is 5.56. The molecule has 3 rings (SSSR count). The van der Waals surface area contributed by atoms with Crippen molar-refractivity contribution < 1.29 is 19.1 Å². The van der Waals surface area contributed by atoms with Gasteiger partial charge in [-0.3, -0.25) is 4.79 Å². The van der Waals surface area contributed by atoms with Gasteiger partial charge in [-0.15, -0.1) is 0 Å². The Hall–Kier alpha value is -2.73. The fraction of sp³-hybridized carbons (Fsp3) is 0.278. The van der Waals surface area contributed by atoms with Gasteiger partial charge in [-0.1, -0.05) is 12.1 Å². The zero-order valence-electron chi connectivity index (χ0n) is 13.3. The smallest absolute Gasteiger partial charge is 0.339 e. The zero-order chi connectivity index (χ0) is 16.9. The Kier molecular flexibility index (Phi) is 4.86. The van der Waals surface area contributed by atoms with Gasteiger partial charge in [0.15, 0.2) is 0 Å². The average Bonchev–Trinajstić information content (AvgIpc) is 3.16. The summed E-state index contributed by atoms with van der Waals surface area (Å²) in [5.41, 5.74) is 2.01. The summed E-state index contributed by atoms with van der Waals surface area (Å²) in [6.07, 6.45) is 2.34. The molecule has 0 bridgehead atoms. The first-order valence-electron chi connectivity index (χ1n) is 7.71. The number of aromatic nitrogens is 1. The number of anilines is 1. The molecule has 1 aromatic heterocycles. The number of rotatable bonds is 4. The number of esters is 1. The average molecular weight is 326 g/mol. The minimum absolute atomic E-state index is 0.242. The van der Waals surface area contributed by atoms with Crippen molar-refractivity contribution in [2.75, 3.05) is 25.6 Å². The van der Waals surface area contributed by atoms with Gasteiger partial charge in [0.05, 0.1) is 19.3 Å². The van der Waals surface area contributed by atoms with Crippen molar-refractivity contribution in [2.45, 2.75) is 12.3 Å². The van der Waals surface area contributed by atoms with Gasteiger partial charge < -0.3 is 14.8 Å². The molecule has 1 N–H and O–H groups in total. The van der Waals surface area contributed by atoms with Crippen LogP contribution in [0.1, 0.15) is 38.6 Å². The molecule has 0 spiro atoms. The molecule has 24 heavy (non-hydrogen) atoms. The summed E-state index contributed by atoms with van der Waals surface area (Å²) < 4.78 is 10.0. The van der Waals surface area contributed by atoms with E-state index in [-0.39, 0.29) is 5.91 Å². The summed E-state index contributed by atoms with van der Waals surface area (Å²) in [6.45, 7) is 1.46. The third kappa shape index (κ3) is 3.60. The predicted molar refractivity (Wildman–Crippen MR) is 88.1 cm³/mol. The minimum Gasteiger partial charge on any atom is -0.465 e. The van der Waals surface area contributed by atoms with Crippen LogP contribution in [-0.4, -0.2) is 37.2 Å². The van der Waals surface area contributed by atoms with Crippen molar-refractivity contribution in [3.63, 3.8) is 0 Å². The molecule has 1 aromatic carbocycles. The van der Waals surface area contributed by atoms with E-state index >= 15 is 0 Å². The van der Waals surface area contributed by atoms with Gasteiger partial charge in [0.25, 0.3) is 5.91 Å². The van der Waals surface area contributed by atoms with E-state index in [0.29, 0.717) is 29.5 Å². The number of methoxy groups -OCH3 is 1. The molecule has 1 unspecified atom stereocenters. The number of hydrogen-bond acceptors (Lipinski definition) is 5. The largest absolute Gasteiger partial charge is 0.465 e. The van der Waals surface area contributed by atoms with E-state index in [1.165, 1.54) is 13.3 Å². The third-order valence-corrected chi connectivity index (χ3v) is 3.98. The number of amides is 1. The third-order valence-electron chi connectivity index (χ3n) is 3.98. The summed E-state index contributed by atoms with van der Waals surface area (Å²) in [5, 5.41) is 2.73. The number of ether oxygens (including phenoxy) is 2. The lowest BCUT2D eigenvalue weighted by Crippen LogP contribution is -2.14. The van der Waals surface area contributed by atoms with Crippen LogP contribution in [0, 0.1) is 0 Å². The Morgan fingerprint density at radius 2 is 2.12 bits per heavy atom. The van der Waals surface area contributed by atoms with Crippen LogP contribution in [0.2, 0.25) is 0 Å². The van der Waals surface area contributed by atoms with Crippen molar-refractivity contribution in [1.82, 2.24) is 4.98 Å². The first-order chi connectivity index (χ1) is 11.7. The van der Waals surface area contributed by atoms with E-state index in [1.54, 1.807) is 18.2 Å². The molecular formula is C18H18N2O4. The molecule has 0 aliphatic carbocycles. The molecule has 1 atom stereocenters. The van der Waals surface area contributed by atoms with Crippen LogP contribution < -0.4 is 5.32 Å². The van der Waals surface area contributed by atoms with Crippen LogP contribution in [0.3, 0.4) is 0 Å². The van der Waals surface area contributed by atoms with Crippen molar-refractivity contribution in [1.29, 1.82) is 0 Å². The van der Waals surface area contributed by atoms with Gasteiger partial charge in [0.1, 0.15) is 5.82 Å². The lowest BCUT2D eigenvalue weighted by atomic mass is 9.96. The monoisotopic (exact) mass is 326 g/mol. The first-order valence-corrected chi connectivity index (χ1v) is 7.71. The highest BCUT2D eigenvalue weighted by atomic mass is 16.5. The highest BCUT2D eigenvalue weighted by molar-refractivity contribution is 6.04. The van der Waals surface area contributed by atoms with Crippen LogP contribution in [0.25, 0.3) is 0 Å². The summed E-state index contributed by atoms with van der Waals surface area (Å²) in [5.74, 6) is 0.0124. The van der Waals surface area contributed by atoms with E-state index < -0.39 is 5.97 Å². The number of pyridine rings is 1. The Morgan fingerprint density at radius 3 is 2.79 bits per heavy atom. The fourth-order valence-corrected chi connectivity index (χ4v) is 2.63. The fourth-order valence-electron chi connectivity index (χ4n) is 2.63. The predicted octanol–water partition coefficient (Wildman–Crippen LogP) is 2.62. The molecule has 2 aromatic rings. The summed E-state index contributed by atoms with van der Waals surface area (Å²) in [7, 11) is 1.31. The molecule has 6 heteroatoms. The second kappa shape index (κ2) is 7.23. The van der Waals surface area contributed by atoms with Crippen molar-refractivity contribution in [2.24, 2.45) is 0 Å². The summed E-state index contributed by atoms with van der Waals surface area (Å²) in [4.78, 5) is 27.8. The SMILES string of the molecule is COC(=O)c1ccc(NC(=O)c2cccc(C3CCOC3)c2)nc1. The zero-order valence-corrected chi connectivity index (χ0v) is 13.3. The molecule has 1 aliphatic heterocycles. The molecule has 1 aliphatic rings. The number of carbonyl (C=O) groups excluding carboxylic acids is 2. The van der Waals surface area contributed by atoms with Crippen LogP contribution in [0.4, 0.5) is 5.82 Å². The highest BCUT2D eigenvalue weighted by Crippen LogP contribution is 2.25. The van der Waals surface area contributed by atoms with Crippen LogP contribution >= 0.6 is 0 Å². The van der Waals surface area contributed by atoms with E-state index in [4.69, 9.17) is 4.74 Å². The topological polar surface area (TPSA) is 77.5 Å². The van der Waals surface area contributed by atoms with Crippen LogP contribution in [0.15, 0.2) is 42.6 Å². The minimum atomic E-state index is -0.466. The van der Waals surface area contributed by atoms with E-state index in [9.17, 15) is 9.59 Å². The lowest BCUT2D eigenvalue weighted by Gasteiger charge is -2.10. The lowest BCUT2D eigenvalue weighted by molar-refractivity contribution is 0.0600. The normalized spacial score (nSPS) is 16.6. The number of benzene rings is 1. The highest BCUT2D eigenvalue weighted by Gasteiger charge is 2.19. The summed E-state index contributed by atoms with van der Waals surface area (Å²) in [6, 6.07) is 10.7. The number of nitrogens with zero attached hydrogens (tertiary/aromatic N) is 1. The Bertz CT molecular complexity index is 737.